The Hall–Kier alpha value is -0.700. The summed E-state index contributed by atoms with van der Waals surface area (Å²) in [7, 11) is 1.67. The van der Waals surface area contributed by atoms with Crippen LogP contribution in [-0.4, -0.2) is 13.7 Å². The van der Waals surface area contributed by atoms with Crippen LogP contribution in [0.3, 0.4) is 0 Å². The van der Waals surface area contributed by atoms with Gasteiger partial charge in [-0.05, 0) is 24.8 Å². The molecule has 1 fully saturated rings. The van der Waals surface area contributed by atoms with Crippen LogP contribution in [0.4, 0.5) is 0 Å². The molecule has 0 N–H and O–H groups in total. The van der Waals surface area contributed by atoms with E-state index in [1.807, 2.05) is 18.2 Å². The molecule has 0 radical (unpaired) electrons. The molecule has 0 spiro atoms. The van der Waals surface area contributed by atoms with Gasteiger partial charge in [-0.1, -0.05) is 22.0 Å². The highest BCUT2D eigenvalue weighted by Gasteiger charge is 2.22. The van der Waals surface area contributed by atoms with Crippen molar-refractivity contribution in [3.05, 3.63) is 23.8 Å². The van der Waals surface area contributed by atoms with E-state index < -0.39 is 0 Å². The molecular formula is C12H15BrO2. The molecule has 1 aromatic carbocycles. The molecule has 0 bridgehead atoms. The second-order valence-electron chi connectivity index (χ2n) is 3.86. The van der Waals surface area contributed by atoms with Crippen LogP contribution in [0.5, 0.6) is 11.5 Å². The van der Waals surface area contributed by atoms with Gasteiger partial charge in [0.2, 0.25) is 0 Å². The third-order valence-corrected chi connectivity index (χ3v) is 3.19. The lowest BCUT2D eigenvalue weighted by atomic mass is 10.2. The zero-order chi connectivity index (χ0) is 10.7. The third-order valence-electron chi connectivity index (χ3n) is 2.59. The molecule has 0 heterocycles. The van der Waals surface area contributed by atoms with E-state index in [0.29, 0.717) is 0 Å². The van der Waals surface area contributed by atoms with Crippen LogP contribution in [-0.2, 0) is 5.33 Å². The van der Waals surface area contributed by atoms with Gasteiger partial charge in [-0.25, -0.2) is 0 Å². The van der Waals surface area contributed by atoms with Crippen LogP contribution < -0.4 is 9.47 Å². The van der Waals surface area contributed by atoms with Gasteiger partial charge >= 0.3 is 0 Å². The number of hydrogen-bond acceptors (Lipinski definition) is 2. The smallest absolute Gasteiger partial charge is 0.127 e. The van der Waals surface area contributed by atoms with E-state index in [4.69, 9.17) is 9.47 Å². The Balaban J connectivity index is 2.08. The van der Waals surface area contributed by atoms with Crippen molar-refractivity contribution in [1.29, 1.82) is 0 Å². The first-order chi connectivity index (χ1) is 7.33. The molecule has 0 saturated heterocycles. The number of benzene rings is 1. The van der Waals surface area contributed by atoms with Gasteiger partial charge in [0.05, 0.1) is 13.7 Å². The van der Waals surface area contributed by atoms with Crippen molar-refractivity contribution in [3.63, 3.8) is 0 Å². The molecule has 0 unspecified atom stereocenters. The molecule has 1 saturated carbocycles. The Kier molecular flexibility index (Phi) is 3.52. The van der Waals surface area contributed by atoms with Gasteiger partial charge < -0.3 is 9.47 Å². The van der Waals surface area contributed by atoms with E-state index in [1.165, 1.54) is 18.4 Å². The van der Waals surface area contributed by atoms with Crippen molar-refractivity contribution in [3.8, 4) is 11.5 Å². The van der Waals surface area contributed by atoms with Crippen LogP contribution in [0.1, 0.15) is 18.4 Å². The first kappa shape index (κ1) is 10.8. The molecule has 0 aromatic heterocycles. The van der Waals surface area contributed by atoms with Gasteiger partial charge in [0.25, 0.3) is 0 Å². The minimum Gasteiger partial charge on any atom is -0.497 e. The predicted molar refractivity (Wildman–Crippen MR) is 63.8 cm³/mol. The average molecular weight is 271 g/mol. The largest absolute Gasteiger partial charge is 0.497 e. The summed E-state index contributed by atoms with van der Waals surface area (Å²) in [6, 6.07) is 5.95. The topological polar surface area (TPSA) is 18.5 Å². The number of methoxy groups -OCH3 is 1. The van der Waals surface area contributed by atoms with E-state index in [9.17, 15) is 0 Å². The molecule has 1 aliphatic carbocycles. The summed E-state index contributed by atoms with van der Waals surface area (Å²) in [5.74, 6) is 2.57. The van der Waals surface area contributed by atoms with Crippen molar-refractivity contribution in [2.45, 2.75) is 18.2 Å². The number of halogens is 1. The summed E-state index contributed by atoms with van der Waals surface area (Å²) in [5, 5.41) is 0.816. The second-order valence-corrected chi connectivity index (χ2v) is 4.42. The zero-order valence-corrected chi connectivity index (χ0v) is 10.4. The Labute approximate surface area is 98.7 Å². The van der Waals surface area contributed by atoms with Gasteiger partial charge in [0.15, 0.2) is 0 Å². The van der Waals surface area contributed by atoms with Crippen LogP contribution in [0.2, 0.25) is 0 Å². The van der Waals surface area contributed by atoms with Gasteiger partial charge in [0, 0.05) is 17.0 Å². The summed E-state index contributed by atoms with van der Waals surface area (Å²) >= 11 is 3.46. The molecule has 82 valence electrons. The molecule has 3 heteroatoms. The zero-order valence-electron chi connectivity index (χ0n) is 8.83. The first-order valence-electron chi connectivity index (χ1n) is 5.19. The summed E-state index contributed by atoms with van der Waals surface area (Å²) < 4.78 is 11.0. The standard InChI is InChI=1S/C12H15BrO2/c1-14-11-5-4-10(7-13)12(6-11)15-8-9-2-3-9/h4-6,9H,2-3,7-8H2,1H3. The van der Waals surface area contributed by atoms with Crippen molar-refractivity contribution >= 4 is 15.9 Å². The molecule has 0 atom stereocenters. The Morgan fingerprint density at radius 3 is 2.80 bits per heavy atom. The minimum atomic E-state index is 0.777. The van der Waals surface area contributed by atoms with E-state index in [-0.39, 0.29) is 0 Å². The quantitative estimate of drug-likeness (QED) is 0.764. The highest BCUT2D eigenvalue weighted by Crippen LogP contribution is 2.32. The monoisotopic (exact) mass is 270 g/mol. The minimum absolute atomic E-state index is 0.777. The molecule has 0 amide bonds. The number of rotatable bonds is 5. The number of alkyl halides is 1. The average Bonchev–Trinajstić information content (AvgIpc) is 3.09. The van der Waals surface area contributed by atoms with Crippen LogP contribution >= 0.6 is 15.9 Å². The Bertz CT molecular complexity index is 334. The molecule has 1 aromatic rings. The highest BCUT2D eigenvalue weighted by atomic mass is 79.9. The maximum Gasteiger partial charge on any atom is 0.127 e. The maximum absolute atomic E-state index is 5.78. The van der Waals surface area contributed by atoms with E-state index in [2.05, 4.69) is 15.9 Å². The molecule has 1 aliphatic rings. The summed E-state index contributed by atoms with van der Waals surface area (Å²) in [4.78, 5) is 0. The van der Waals surface area contributed by atoms with Crippen LogP contribution in [0.25, 0.3) is 0 Å². The van der Waals surface area contributed by atoms with Crippen molar-refractivity contribution in [1.82, 2.24) is 0 Å². The fraction of sp³-hybridized carbons (Fsp3) is 0.500. The SMILES string of the molecule is COc1ccc(CBr)c(OCC2CC2)c1. The van der Waals surface area contributed by atoms with Crippen molar-refractivity contribution in [2.24, 2.45) is 5.92 Å². The Morgan fingerprint density at radius 1 is 1.40 bits per heavy atom. The lowest BCUT2D eigenvalue weighted by Crippen LogP contribution is -2.01. The Morgan fingerprint density at radius 2 is 2.20 bits per heavy atom. The van der Waals surface area contributed by atoms with Gasteiger partial charge in [0.1, 0.15) is 11.5 Å². The van der Waals surface area contributed by atoms with Gasteiger partial charge in [-0.2, -0.15) is 0 Å². The first-order valence-corrected chi connectivity index (χ1v) is 6.31. The molecular weight excluding hydrogens is 256 g/mol. The van der Waals surface area contributed by atoms with Crippen molar-refractivity contribution < 1.29 is 9.47 Å². The van der Waals surface area contributed by atoms with Gasteiger partial charge in [-0.15, -0.1) is 0 Å². The van der Waals surface area contributed by atoms with Crippen LogP contribution in [0.15, 0.2) is 18.2 Å². The number of ether oxygens (including phenoxy) is 2. The lowest BCUT2D eigenvalue weighted by Gasteiger charge is -2.11. The van der Waals surface area contributed by atoms with E-state index in [1.54, 1.807) is 7.11 Å². The fourth-order valence-electron chi connectivity index (χ4n) is 1.40. The summed E-state index contributed by atoms with van der Waals surface area (Å²) in [6.45, 7) is 0.840. The maximum atomic E-state index is 5.78. The van der Waals surface area contributed by atoms with Gasteiger partial charge in [-0.3, -0.25) is 0 Å². The molecule has 2 nitrogen and oxygen atoms in total. The van der Waals surface area contributed by atoms with E-state index in [0.717, 1.165) is 29.4 Å². The second kappa shape index (κ2) is 4.88. The predicted octanol–water partition coefficient (Wildman–Crippen LogP) is 3.38. The van der Waals surface area contributed by atoms with Crippen LogP contribution in [0, 0.1) is 5.92 Å². The van der Waals surface area contributed by atoms with Crippen molar-refractivity contribution in [2.75, 3.05) is 13.7 Å². The third kappa shape index (κ3) is 2.88. The molecule has 15 heavy (non-hydrogen) atoms. The molecule has 2 rings (SSSR count). The highest BCUT2D eigenvalue weighted by molar-refractivity contribution is 9.08. The van der Waals surface area contributed by atoms with E-state index >= 15 is 0 Å². The fourth-order valence-corrected chi connectivity index (χ4v) is 1.86. The lowest BCUT2D eigenvalue weighted by molar-refractivity contribution is 0.295. The molecule has 0 aliphatic heterocycles. The number of hydrogen-bond donors (Lipinski definition) is 0. The normalized spacial score (nSPS) is 15.1. The summed E-state index contributed by atoms with van der Waals surface area (Å²) in [5.41, 5.74) is 1.18. The summed E-state index contributed by atoms with van der Waals surface area (Å²) in [6.07, 6.45) is 2.63.